The molecule has 0 aliphatic rings. The zero-order valence-corrected chi connectivity index (χ0v) is 8.27. The van der Waals surface area contributed by atoms with Crippen molar-refractivity contribution >= 4 is 23.3 Å². The Kier molecular flexibility index (Phi) is 3.19. The number of alkyl halides is 3. The van der Waals surface area contributed by atoms with Gasteiger partial charge in [-0.05, 0) is 12.1 Å². The van der Waals surface area contributed by atoms with E-state index in [9.17, 15) is 13.2 Å². The minimum atomic E-state index is -4.37. The molecule has 1 heterocycles. The second kappa shape index (κ2) is 4.06. The third-order valence-electron chi connectivity index (χ3n) is 1.89. The maximum atomic E-state index is 12.3. The molecule has 0 saturated carbocycles. The largest absolute Gasteiger partial charge is 0.433 e. The van der Waals surface area contributed by atoms with Crippen molar-refractivity contribution in [3.63, 3.8) is 0 Å². The van der Waals surface area contributed by atoms with E-state index in [1.165, 1.54) is 6.07 Å². The Labute approximate surface area is 90.3 Å². The van der Waals surface area contributed by atoms with E-state index in [0.717, 1.165) is 6.07 Å². The van der Waals surface area contributed by atoms with Crippen LogP contribution in [0.2, 0.25) is 0 Å². The Hall–Kier alpha value is -1.29. The van der Waals surface area contributed by atoms with Crippen LogP contribution in [0.25, 0.3) is 10.9 Å². The van der Waals surface area contributed by atoms with Gasteiger partial charge in [-0.15, -0.1) is 12.4 Å². The van der Waals surface area contributed by atoms with Gasteiger partial charge in [0.2, 0.25) is 0 Å². The Morgan fingerprint density at radius 3 is 2.27 bits per heavy atom. The van der Waals surface area contributed by atoms with E-state index < -0.39 is 11.9 Å². The first-order valence-electron chi connectivity index (χ1n) is 4.00. The maximum absolute atomic E-state index is 12.3. The molecule has 0 radical (unpaired) electrons. The molecule has 0 atom stereocenters. The molecule has 80 valence electrons. The van der Waals surface area contributed by atoms with Crippen LogP contribution in [0.4, 0.5) is 13.2 Å². The minimum absolute atomic E-state index is 0. The first-order chi connectivity index (χ1) is 6.57. The molecular formula is C10H7ClF3N. The number of rotatable bonds is 0. The number of nitrogens with zero attached hydrogens (tertiary/aromatic N) is 1. The molecule has 0 spiro atoms. The highest BCUT2D eigenvalue weighted by Crippen LogP contribution is 2.28. The molecule has 0 fully saturated rings. The van der Waals surface area contributed by atoms with Crippen LogP contribution in [0.5, 0.6) is 0 Å². The van der Waals surface area contributed by atoms with E-state index in [1.807, 2.05) is 0 Å². The lowest BCUT2D eigenvalue weighted by molar-refractivity contribution is -0.140. The van der Waals surface area contributed by atoms with Crippen LogP contribution in [-0.4, -0.2) is 4.98 Å². The van der Waals surface area contributed by atoms with Crippen LogP contribution in [0.1, 0.15) is 5.69 Å². The fourth-order valence-electron chi connectivity index (χ4n) is 1.22. The zero-order chi connectivity index (χ0) is 10.2. The maximum Gasteiger partial charge on any atom is 0.433 e. The van der Waals surface area contributed by atoms with Crippen LogP contribution in [0, 0.1) is 0 Å². The summed E-state index contributed by atoms with van der Waals surface area (Å²) in [5.41, 5.74) is -0.487. The lowest BCUT2D eigenvalue weighted by atomic mass is 10.2. The molecule has 1 aromatic carbocycles. The molecule has 0 N–H and O–H groups in total. The molecule has 0 bridgehead atoms. The van der Waals surface area contributed by atoms with Gasteiger partial charge >= 0.3 is 6.18 Å². The molecule has 2 rings (SSSR count). The monoisotopic (exact) mass is 233 g/mol. The molecule has 1 nitrogen and oxygen atoms in total. The highest BCUT2D eigenvalue weighted by atomic mass is 35.5. The molecule has 0 amide bonds. The summed E-state index contributed by atoms with van der Waals surface area (Å²) in [6, 6.07) is 9.12. The van der Waals surface area contributed by atoms with Crippen LogP contribution in [-0.2, 0) is 6.18 Å². The molecule has 15 heavy (non-hydrogen) atoms. The number of halogens is 4. The normalized spacial score (nSPS) is 11.1. The Morgan fingerprint density at radius 1 is 0.933 bits per heavy atom. The summed E-state index contributed by atoms with van der Waals surface area (Å²) in [5.74, 6) is 0. The highest BCUT2D eigenvalue weighted by Gasteiger charge is 2.32. The molecule has 0 aliphatic carbocycles. The summed E-state index contributed by atoms with van der Waals surface area (Å²) in [4.78, 5) is 3.52. The van der Waals surface area contributed by atoms with Gasteiger partial charge in [0.25, 0.3) is 0 Å². The van der Waals surface area contributed by atoms with Crippen molar-refractivity contribution in [1.29, 1.82) is 0 Å². The molecule has 1 aromatic heterocycles. The SMILES string of the molecule is Cl.FC(F)(F)c1ccc2ccccc2n1. The van der Waals surface area contributed by atoms with Crippen LogP contribution >= 0.6 is 12.4 Å². The molecule has 0 unspecified atom stereocenters. The third kappa shape index (κ3) is 2.39. The van der Waals surface area contributed by atoms with Gasteiger partial charge in [0, 0.05) is 5.39 Å². The molecule has 0 saturated heterocycles. The average Bonchev–Trinajstić information content (AvgIpc) is 2.16. The van der Waals surface area contributed by atoms with Gasteiger partial charge in [0.05, 0.1) is 5.52 Å². The lowest BCUT2D eigenvalue weighted by Gasteiger charge is -2.05. The second-order valence-corrected chi connectivity index (χ2v) is 2.89. The van der Waals surface area contributed by atoms with Gasteiger partial charge < -0.3 is 0 Å². The smallest absolute Gasteiger partial charge is 0.243 e. The predicted octanol–water partition coefficient (Wildman–Crippen LogP) is 3.68. The number of para-hydroxylation sites is 1. The number of hydrogen-bond acceptors (Lipinski definition) is 1. The number of hydrogen-bond donors (Lipinski definition) is 0. The molecular weight excluding hydrogens is 227 g/mol. The van der Waals surface area contributed by atoms with Crippen molar-refractivity contribution in [3.8, 4) is 0 Å². The van der Waals surface area contributed by atoms with Crippen LogP contribution in [0.3, 0.4) is 0 Å². The highest BCUT2D eigenvalue weighted by molar-refractivity contribution is 5.85. The van der Waals surface area contributed by atoms with E-state index in [2.05, 4.69) is 4.98 Å². The van der Waals surface area contributed by atoms with Crippen LogP contribution < -0.4 is 0 Å². The van der Waals surface area contributed by atoms with Crippen molar-refractivity contribution in [2.75, 3.05) is 0 Å². The van der Waals surface area contributed by atoms with E-state index in [1.54, 1.807) is 24.3 Å². The van der Waals surface area contributed by atoms with Gasteiger partial charge in [-0.25, -0.2) is 4.98 Å². The summed E-state index contributed by atoms with van der Waals surface area (Å²) in [7, 11) is 0. The van der Waals surface area contributed by atoms with Crippen molar-refractivity contribution in [2.45, 2.75) is 6.18 Å². The van der Waals surface area contributed by atoms with E-state index in [0.29, 0.717) is 10.9 Å². The number of aromatic nitrogens is 1. The predicted molar refractivity (Wildman–Crippen MR) is 54.0 cm³/mol. The standard InChI is InChI=1S/C10H6F3N.ClH/c11-10(12,13)9-6-5-7-3-1-2-4-8(7)14-9;/h1-6H;1H. The first kappa shape index (κ1) is 11.8. The minimum Gasteiger partial charge on any atom is -0.243 e. The van der Waals surface area contributed by atoms with Gasteiger partial charge in [-0.1, -0.05) is 24.3 Å². The molecule has 0 aliphatic heterocycles. The topological polar surface area (TPSA) is 12.9 Å². The third-order valence-corrected chi connectivity index (χ3v) is 1.89. The zero-order valence-electron chi connectivity index (χ0n) is 7.45. The fraction of sp³-hybridized carbons (Fsp3) is 0.100. The Morgan fingerprint density at radius 2 is 1.60 bits per heavy atom. The second-order valence-electron chi connectivity index (χ2n) is 2.89. The van der Waals surface area contributed by atoms with Crippen LogP contribution in [0.15, 0.2) is 36.4 Å². The molecule has 2 aromatic rings. The number of benzene rings is 1. The van der Waals surface area contributed by atoms with Crippen molar-refractivity contribution in [1.82, 2.24) is 4.98 Å². The Bertz CT molecular complexity index is 467. The Balaban J connectivity index is 0.00000112. The summed E-state index contributed by atoms with van der Waals surface area (Å²) < 4.78 is 36.8. The molecule has 5 heteroatoms. The number of fused-ring (bicyclic) bond motifs is 1. The average molecular weight is 234 g/mol. The summed E-state index contributed by atoms with van der Waals surface area (Å²) in [6.07, 6.45) is -4.37. The van der Waals surface area contributed by atoms with Gasteiger partial charge in [0.15, 0.2) is 0 Å². The van der Waals surface area contributed by atoms with E-state index in [-0.39, 0.29) is 12.4 Å². The fourth-order valence-corrected chi connectivity index (χ4v) is 1.22. The lowest BCUT2D eigenvalue weighted by Crippen LogP contribution is -2.07. The summed E-state index contributed by atoms with van der Waals surface area (Å²) >= 11 is 0. The quantitative estimate of drug-likeness (QED) is 0.677. The van der Waals surface area contributed by atoms with E-state index >= 15 is 0 Å². The first-order valence-corrected chi connectivity index (χ1v) is 4.00. The summed E-state index contributed by atoms with van der Waals surface area (Å²) in [5, 5.41) is 0.709. The van der Waals surface area contributed by atoms with Gasteiger partial charge in [-0.3, -0.25) is 0 Å². The van der Waals surface area contributed by atoms with Crippen molar-refractivity contribution < 1.29 is 13.2 Å². The summed E-state index contributed by atoms with van der Waals surface area (Å²) in [6.45, 7) is 0. The van der Waals surface area contributed by atoms with Crippen molar-refractivity contribution in [2.24, 2.45) is 0 Å². The van der Waals surface area contributed by atoms with Crippen molar-refractivity contribution in [3.05, 3.63) is 42.1 Å². The van der Waals surface area contributed by atoms with Gasteiger partial charge in [0.1, 0.15) is 5.69 Å². The van der Waals surface area contributed by atoms with E-state index in [4.69, 9.17) is 0 Å². The van der Waals surface area contributed by atoms with Gasteiger partial charge in [-0.2, -0.15) is 13.2 Å². The number of pyridine rings is 1.